The van der Waals surface area contributed by atoms with E-state index in [1.54, 1.807) is 0 Å². The van der Waals surface area contributed by atoms with Crippen LogP contribution in [0.1, 0.15) is 54.4 Å². The minimum Gasteiger partial charge on any atom is -0.393 e. The van der Waals surface area contributed by atoms with Crippen molar-refractivity contribution in [3.05, 3.63) is 0 Å². The van der Waals surface area contributed by atoms with Crippen molar-refractivity contribution in [2.45, 2.75) is 60.5 Å². The Morgan fingerprint density at radius 1 is 1.27 bits per heavy atom. The highest BCUT2D eigenvalue weighted by Gasteiger charge is 2.21. The van der Waals surface area contributed by atoms with Gasteiger partial charge in [0, 0.05) is 0 Å². The van der Waals surface area contributed by atoms with E-state index in [9.17, 15) is 5.11 Å². The van der Waals surface area contributed by atoms with Crippen LogP contribution >= 0.6 is 0 Å². The number of hydrogen-bond acceptors (Lipinski definition) is 1. The van der Waals surface area contributed by atoms with Gasteiger partial charge in [0.1, 0.15) is 0 Å². The van der Waals surface area contributed by atoms with Crippen molar-refractivity contribution in [1.82, 2.24) is 0 Å². The van der Waals surface area contributed by atoms with Crippen LogP contribution in [0, 0.1) is 5.41 Å². The fraction of sp³-hybridized carbons (Fsp3) is 1.00. The average Bonchev–Trinajstić information content (AvgIpc) is 1.92. The zero-order valence-electron chi connectivity index (χ0n) is 8.94. The van der Waals surface area contributed by atoms with Crippen LogP contribution in [0.4, 0.5) is 0 Å². The van der Waals surface area contributed by atoms with Crippen molar-refractivity contribution < 1.29 is 5.11 Å². The molecule has 1 nitrogen and oxygen atoms in total. The van der Waals surface area contributed by atoms with E-state index < -0.39 is 0 Å². The van der Waals surface area contributed by atoms with Crippen molar-refractivity contribution in [1.29, 1.82) is 0 Å². The third-order valence-electron chi connectivity index (χ3n) is 2.03. The second-order valence-electron chi connectivity index (χ2n) is 3.41. The first kappa shape index (κ1) is 13.5. The Labute approximate surface area is 71.8 Å². The summed E-state index contributed by atoms with van der Waals surface area (Å²) in [5.74, 6) is 0. The van der Waals surface area contributed by atoms with Gasteiger partial charge in [0.15, 0.2) is 0 Å². The van der Waals surface area contributed by atoms with Gasteiger partial charge in [-0.15, -0.1) is 0 Å². The fourth-order valence-corrected chi connectivity index (χ4v) is 0.853. The SMILES string of the molecule is CC.CCCC(C)(C)C(C)O. The Morgan fingerprint density at radius 2 is 1.64 bits per heavy atom. The number of aliphatic hydroxyl groups is 1. The van der Waals surface area contributed by atoms with Gasteiger partial charge in [0.05, 0.1) is 6.10 Å². The van der Waals surface area contributed by atoms with Crippen LogP contribution in [0.3, 0.4) is 0 Å². The first-order valence-electron chi connectivity index (χ1n) is 4.68. The minimum atomic E-state index is -0.183. The molecule has 0 amide bonds. The molecule has 0 aromatic carbocycles. The van der Waals surface area contributed by atoms with Gasteiger partial charge >= 0.3 is 0 Å². The zero-order chi connectivity index (χ0) is 9.49. The minimum absolute atomic E-state index is 0.106. The summed E-state index contributed by atoms with van der Waals surface area (Å²) in [4.78, 5) is 0. The molecular formula is C10H24O. The summed E-state index contributed by atoms with van der Waals surface area (Å²) in [6.07, 6.45) is 2.07. The topological polar surface area (TPSA) is 20.2 Å². The van der Waals surface area contributed by atoms with Gasteiger partial charge in [-0.2, -0.15) is 0 Å². The maximum absolute atomic E-state index is 9.21. The second kappa shape index (κ2) is 6.66. The van der Waals surface area contributed by atoms with Gasteiger partial charge in [0.25, 0.3) is 0 Å². The van der Waals surface area contributed by atoms with Crippen LogP contribution in [0.2, 0.25) is 0 Å². The van der Waals surface area contributed by atoms with Crippen LogP contribution in [0.5, 0.6) is 0 Å². The van der Waals surface area contributed by atoms with Gasteiger partial charge in [-0.1, -0.05) is 41.0 Å². The van der Waals surface area contributed by atoms with Crippen molar-refractivity contribution in [2.24, 2.45) is 5.41 Å². The molecular weight excluding hydrogens is 136 g/mol. The third-order valence-corrected chi connectivity index (χ3v) is 2.03. The molecule has 0 bridgehead atoms. The normalized spacial score (nSPS) is 13.4. The highest BCUT2D eigenvalue weighted by molar-refractivity contribution is 4.72. The first-order valence-corrected chi connectivity index (χ1v) is 4.68. The molecule has 1 atom stereocenters. The molecule has 0 aromatic heterocycles. The van der Waals surface area contributed by atoms with E-state index in [0.29, 0.717) is 0 Å². The van der Waals surface area contributed by atoms with Crippen LogP contribution in [0.25, 0.3) is 0 Å². The van der Waals surface area contributed by atoms with Crippen molar-refractivity contribution >= 4 is 0 Å². The lowest BCUT2D eigenvalue weighted by Crippen LogP contribution is -2.25. The summed E-state index contributed by atoms with van der Waals surface area (Å²) in [6.45, 7) is 12.2. The van der Waals surface area contributed by atoms with E-state index in [4.69, 9.17) is 0 Å². The molecule has 1 unspecified atom stereocenters. The molecule has 0 radical (unpaired) electrons. The molecule has 0 rings (SSSR count). The number of aliphatic hydroxyl groups excluding tert-OH is 1. The van der Waals surface area contributed by atoms with Gasteiger partial charge in [-0.05, 0) is 18.8 Å². The Balaban J connectivity index is 0. The molecule has 0 aromatic rings. The Hall–Kier alpha value is -0.0400. The average molecular weight is 160 g/mol. The van der Waals surface area contributed by atoms with E-state index in [1.807, 2.05) is 20.8 Å². The molecule has 0 heterocycles. The molecule has 0 saturated carbocycles. The zero-order valence-corrected chi connectivity index (χ0v) is 8.94. The Morgan fingerprint density at radius 3 is 1.73 bits per heavy atom. The molecule has 0 aliphatic rings. The van der Waals surface area contributed by atoms with E-state index >= 15 is 0 Å². The van der Waals surface area contributed by atoms with Gasteiger partial charge in [-0.3, -0.25) is 0 Å². The van der Waals surface area contributed by atoms with Crippen molar-refractivity contribution in [3.63, 3.8) is 0 Å². The van der Waals surface area contributed by atoms with E-state index in [0.717, 1.165) is 12.8 Å². The quantitative estimate of drug-likeness (QED) is 0.672. The molecule has 0 aliphatic heterocycles. The predicted octanol–water partition coefficient (Wildman–Crippen LogP) is 3.22. The van der Waals surface area contributed by atoms with Crippen LogP contribution in [-0.4, -0.2) is 11.2 Å². The van der Waals surface area contributed by atoms with Crippen LogP contribution in [-0.2, 0) is 0 Å². The van der Waals surface area contributed by atoms with Gasteiger partial charge in [-0.25, -0.2) is 0 Å². The van der Waals surface area contributed by atoms with E-state index in [2.05, 4.69) is 20.8 Å². The van der Waals surface area contributed by atoms with Crippen LogP contribution in [0.15, 0.2) is 0 Å². The molecule has 1 N–H and O–H groups in total. The molecule has 11 heavy (non-hydrogen) atoms. The highest BCUT2D eigenvalue weighted by atomic mass is 16.3. The summed E-state index contributed by atoms with van der Waals surface area (Å²) in [5.41, 5.74) is 0.106. The van der Waals surface area contributed by atoms with Gasteiger partial charge in [0.2, 0.25) is 0 Å². The fourth-order valence-electron chi connectivity index (χ4n) is 0.853. The lowest BCUT2D eigenvalue weighted by molar-refractivity contribution is 0.0592. The molecule has 70 valence electrons. The lowest BCUT2D eigenvalue weighted by atomic mass is 9.83. The smallest absolute Gasteiger partial charge is 0.0563 e. The maximum atomic E-state index is 9.21. The Kier molecular flexibility index (Phi) is 8.20. The summed E-state index contributed by atoms with van der Waals surface area (Å²) in [6, 6.07) is 0. The third kappa shape index (κ3) is 6.36. The molecule has 0 aliphatic carbocycles. The van der Waals surface area contributed by atoms with E-state index in [1.165, 1.54) is 0 Å². The molecule has 0 saturated heterocycles. The summed E-state index contributed by atoms with van der Waals surface area (Å²) < 4.78 is 0. The van der Waals surface area contributed by atoms with Crippen LogP contribution < -0.4 is 0 Å². The molecule has 1 heteroatoms. The standard InChI is InChI=1S/C8H18O.C2H6/c1-5-6-8(3,4)7(2)9;1-2/h7,9H,5-6H2,1-4H3;1-2H3. The largest absolute Gasteiger partial charge is 0.393 e. The van der Waals surface area contributed by atoms with Crippen molar-refractivity contribution in [3.8, 4) is 0 Å². The van der Waals surface area contributed by atoms with Gasteiger partial charge < -0.3 is 5.11 Å². The monoisotopic (exact) mass is 160 g/mol. The van der Waals surface area contributed by atoms with Crippen molar-refractivity contribution in [2.75, 3.05) is 0 Å². The number of hydrogen-bond donors (Lipinski definition) is 1. The van der Waals surface area contributed by atoms with E-state index in [-0.39, 0.29) is 11.5 Å². The number of rotatable bonds is 3. The predicted molar refractivity (Wildman–Crippen MR) is 51.7 cm³/mol. The molecule has 0 spiro atoms. The summed E-state index contributed by atoms with van der Waals surface area (Å²) in [7, 11) is 0. The first-order chi connectivity index (χ1) is 5.00. The summed E-state index contributed by atoms with van der Waals surface area (Å²) >= 11 is 0. The highest BCUT2D eigenvalue weighted by Crippen LogP contribution is 2.25. The maximum Gasteiger partial charge on any atom is 0.0563 e. The lowest BCUT2D eigenvalue weighted by Gasteiger charge is -2.27. The summed E-state index contributed by atoms with van der Waals surface area (Å²) in [5, 5.41) is 9.21. The molecule has 0 fully saturated rings. The second-order valence-corrected chi connectivity index (χ2v) is 3.41. The Bertz CT molecular complexity index is 74.9.